The molecule has 0 fully saturated rings. The van der Waals surface area contributed by atoms with Crippen LogP contribution < -0.4 is 14.8 Å². The highest BCUT2D eigenvalue weighted by atomic mass is 79.9. The van der Waals surface area contributed by atoms with Crippen LogP contribution >= 0.6 is 15.9 Å². The lowest BCUT2D eigenvalue weighted by atomic mass is 10.1. The third-order valence-electron chi connectivity index (χ3n) is 3.30. The number of halogens is 1. The van der Waals surface area contributed by atoms with Crippen molar-refractivity contribution < 1.29 is 14.3 Å². The number of hydrogen-bond donors (Lipinski definition) is 1. The lowest BCUT2D eigenvalue weighted by Gasteiger charge is -2.09. The highest BCUT2D eigenvalue weighted by Gasteiger charge is 2.12. The number of benzene rings is 2. The molecule has 0 heterocycles. The largest absolute Gasteiger partial charge is 0.497 e. The van der Waals surface area contributed by atoms with Gasteiger partial charge in [-0.1, -0.05) is 21.9 Å². The van der Waals surface area contributed by atoms with Gasteiger partial charge in [0.25, 0.3) is 5.91 Å². The van der Waals surface area contributed by atoms with Crippen LogP contribution in [0.2, 0.25) is 0 Å². The minimum atomic E-state index is -0.527. The number of nitrogens with one attached hydrogen (secondary N) is 1. The molecule has 2 aromatic carbocycles. The van der Waals surface area contributed by atoms with Crippen molar-refractivity contribution in [1.29, 1.82) is 5.26 Å². The van der Waals surface area contributed by atoms with Crippen molar-refractivity contribution in [2.24, 2.45) is 0 Å². The predicted octanol–water partition coefficient (Wildman–Crippen LogP) is 4.02. The summed E-state index contributed by atoms with van der Waals surface area (Å²) in [4.78, 5) is 12.4. The van der Waals surface area contributed by atoms with Gasteiger partial charge in [0.2, 0.25) is 0 Å². The van der Waals surface area contributed by atoms with E-state index in [9.17, 15) is 10.1 Å². The number of nitrogens with zero attached hydrogens (tertiary/aromatic N) is 1. The maximum Gasteiger partial charge on any atom is 0.266 e. The molecule has 0 bridgehead atoms. The molecular formula is C20H15BrN2O3. The van der Waals surface area contributed by atoms with Crippen molar-refractivity contribution in [3.05, 3.63) is 58.1 Å². The first-order chi connectivity index (χ1) is 12.6. The summed E-state index contributed by atoms with van der Waals surface area (Å²) in [6, 6.07) is 13.9. The molecule has 26 heavy (non-hydrogen) atoms. The molecule has 1 amide bonds. The fraction of sp³-hybridized carbons (Fsp3) is 0.100. The molecule has 1 N–H and O–H groups in total. The fourth-order valence-electron chi connectivity index (χ4n) is 2.06. The quantitative estimate of drug-likeness (QED) is 0.443. The molecule has 0 aliphatic carbocycles. The number of methoxy groups -OCH3 is 1. The van der Waals surface area contributed by atoms with E-state index in [1.165, 1.54) is 6.08 Å². The summed E-state index contributed by atoms with van der Waals surface area (Å²) in [7, 11) is 1.56. The first-order valence-corrected chi connectivity index (χ1v) is 8.29. The number of carbonyl (C=O) groups is 1. The van der Waals surface area contributed by atoms with Gasteiger partial charge < -0.3 is 14.8 Å². The molecule has 5 nitrogen and oxygen atoms in total. The van der Waals surface area contributed by atoms with Crippen LogP contribution in [0.3, 0.4) is 0 Å². The number of terminal acetylenes is 1. The van der Waals surface area contributed by atoms with Gasteiger partial charge in [0, 0.05) is 15.7 Å². The first kappa shape index (κ1) is 19.1. The van der Waals surface area contributed by atoms with E-state index in [1.54, 1.807) is 49.6 Å². The molecule has 130 valence electrons. The molecule has 6 heteroatoms. The average molecular weight is 411 g/mol. The second-order valence-electron chi connectivity index (χ2n) is 5.03. The van der Waals surface area contributed by atoms with Crippen LogP contribution in [0.5, 0.6) is 11.5 Å². The number of rotatable bonds is 6. The van der Waals surface area contributed by atoms with E-state index < -0.39 is 5.91 Å². The summed E-state index contributed by atoms with van der Waals surface area (Å²) in [5.41, 5.74) is 1.05. The summed E-state index contributed by atoms with van der Waals surface area (Å²) in [5, 5.41) is 12.0. The second kappa shape index (κ2) is 9.31. The molecular weight excluding hydrogens is 396 g/mol. The second-order valence-corrected chi connectivity index (χ2v) is 5.94. The first-order valence-electron chi connectivity index (χ1n) is 7.50. The maximum absolute atomic E-state index is 12.4. The lowest BCUT2D eigenvalue weighted by Crippen LogP contribution is -2.13. The molecule has 0 aliphatic heterocycles. The van der Waals surface area contributed by atoms with E-state index in [2.05, 4.69) is 27.2 Å². The smallest absolute Gasteiger partial charge is 0.266 e. The van der Waals surface area contributed by atoms with E-state index in [0.29, 0.717) is 22.7 Å². The minimum absolute atomic E-state index is 0.0653. The normalized spacial score (nSPS) is 10.4. The summed E-state index contributed by atoms with van der Waals surface area (Å²) in [6.45, 7) is 0.0857. The summed E-state index contributed by atoms with van der Waals surface area (Å²) in [5.74, 6) is 3.01. The Morgan fingerprint density at radius 2 is 2.04 bits per heavy atom. The van der Waals surface area contributed by atoms with E-state index in [0.717, 1.165) is 4.47 Å². The number of amides is 1. The standard InChI is InChI=1S/C20H15BrN2O3/c1-3-10-26-19-9-4-16(21)12-14(19)11-15(13-22)20(24)23-17-5-7-18(25-2)8-6-17/h1,4-9,11-12H,10H2,2H3,(H,23,24)/b15-11+. The number of nitriles is 1. The third kappa shape index (κ3) is 5.14. The summed E-state index contributed by atoms with van der Waals surface area (Å²) < 4.78 is 11.3. The topological polar surface area (TPSA) is 71.3 Å². The van der Waals surface area contributed by atoms with Gasteiger partial charge in [0.15, 0.2) is 0 Å². The van der Waals surface area contributed by atoms with Crippen LogP contribution in [0.4, 0.5) is 5.69 Å². The monoisotopic (exact) mass is 410 g/mol. The van der Waals surface area contributed by atoms with Gasteiger partial charge in [0.05, 0.1) is 7.11 Å². The number of ether oxygens (including phenoxy) is 2. The van der Waals surface area contributed by atoms with Gasteiger partial charge in [-0.3, -0.25) is 4.79 Å². The van der Waals surface area contributed by atoms with Crippen molar-refractivity contribution in [2.75, 3.05) is 19.0 Å². The van der Waals surface area contributed by atoms with Crippen molar-refractivity contribution in [2.45, 2.75) is 0 Å². The van der Waals surface area contributed by atoms with Gasteiger partial charge >= 0.3 is 0 Å². The maximum atomic E-state index is 12.4. The van der Waals surface area contributed by atoms with Crippen LogP contribution in [-0.2, 0) is 4.79 Å². The van der Waals surface area contributed by atoms with Crippen molar-refractivity contribution in [3.8, 4) is 29.9 Å². The van der Waals surface area contributed by atoms with E-state index in [-0.39, 0.29) is 12.2 Å². The van der Waals surface area contributed by atoms with Crippen molar-refractivity contribution in [3.63, 3.8) is 0 Å². The molecule has 0 atom stereocenters. The van der Waals surface area contributed by atoms with Crippen LogP contribution in [0.15, 0.2) is 52.5 Å². The van der Waals surface area contributed by atoms with Crippen LogP contribution in [0, 0.1) is 23.7 Å². The van der Waals surface area contributed by atoms with Gasteiger partial charge in [-0.05, 0) is 48.5 Å². The van der Waals surface area contributed by atoms with Gasteiger partial charge in [-0.2, -0.15) is 5.26 Å². The van der Waals surface area contributed by atoms with Gasteiger partial charge in [-0.25, -0.2) is 0 Å². The van der Waals surface area contributed by atoms with Crippen LogP contribution in [0.25, 0.3) is 6.08 Å². The van der Waals surface area contributed by atoms with Crippen LogP contribution in [-0.4, -0.2) is 19.6 Å². The SMILES string of the molecule is C#CCOc1ccc(Br)cc1/C=C(\C#N)C(=O)Nc1ccc(OC)cc1. The fourth-order valence-corrected chi connectivity index (χ4v) is 2.44. The molecule has 0 unspecified atom stereocenters. The Labute approximate surface area is 160 Å². The number of anilines is 1. The van der Waals surface area contributed by atoms with Gasteiger partial charge in [-0.15, -0.1) is 6.42 Å². The zero-order valence-corrected chi connectivity index (χ0v) is 15.5. The average Bonchev–Trinajstić information content (AvgIpc) is 2.65. The molecule has 0 aromatic heterocycles. The molecule has 2 rings (SSSR count). The minimum Gasteiger partial charge on any atom is -0.497 e. The summed E-state index contributed by atoms with van der Waals surface area (Å²) in [6.07, 6.45) is 6.67. The molecule has 0 saturated heterocycles. The Balaban J connectivity index is 2.26. The van der Waals surface area contributed by atoms with E-state index >= 15 is 0 Å². The molecule has 0 spiro atoms. The highest BCUT2D eigenvalue weighted by molar-refractivity contribution is 9.10. The number of hydrogen-bond acceptors (Lipinski definition) is 4. The summed E-state index contributed by atoms with van der Waals surface area (Å²) >= 11 is 3.36. The van der Waals surface area contributed by atoms with Crippen molar-refractivity contribution in [1.82, 2.24) is 0 Å². The Kier molecular flexibility index (Phi) is 6.84. The molecule has 0 saturated carbocycles. The molecule has 0 aliphatic rings. The Hall–Kier alpha value is -3.22. The zero-order chi connectivity index (χ0) is 18.9. The Bertz CT molecular complexity index is 906. The highest BCUT2D eigenvalue weighted by Crippen LogP contribution is 2.26. The lowest BCUT2D eigenvalue weighted by molar-refractivity contribution is -0.112. The number of carbonyl (C=O) groups excluding carboxylic acids is 1. The third-order valence-corrected chi connectivity index (χ3v) is 3.79. The van der Waals surface area contributed by atoms with Crippen molar-refractivity contribution >= 4 is 33.6 Å². The zero-order valence-electron chi connectivity index (χ0n) is 14.0. The molecule has 2 aromatic rings. The van der Waals surface area contributed by atoms with E-state index in [4.69, 9.17) is 15.9 Å². The molecule has 0 radical (unpaired) electrons. The van der Waals surface area contributed by atoms with Crippen LogP contribution in [0.1, 0.15) is 5.56 Å². The predicted molar refractivity (Wildman–Crippen MR) is 104 cm³/mol. The van der Waals surface area contributed by atoms with E-state index in [1.807, 2.05) is 6.07 Å². The Morgan fingerprint density at radius 3 is 2.65 bits per heavy atom. The Morgan fingerprint density at radius 1 is 1.31 bits per heavy atom. The van der Waals surface area contributed by atoms with Gasteiger partial charge in [0.1, 0.15) is 29.7 Å².